The predicted octanol–water partition coefficient (Wildman–Crippen LogP) is 1.16. The molecular formula is C10H13N3O4. The number of carbonyl (C=O) groups excluding carboxylic acids is 1. The van der Waals surface area contributed by atoms with Gasteiger partial charge in [-0.3, -0.25) is 10.00 Å². The summed E-state index contributed by atoms with van der Waals surface area (Å²) in [6.45, 7) is 5.03. The average Bonchev–Trinajstić information content (AvgIpc) is 2.51. The first-order valence-electron chi connectivity index (χ1n) is 4.79. The van der Waals surface area contributed by atoms with Gasteiger partial charge >= 0.3 is 12.1 Å². The van der Waals surface area contributed by atoms with Crippen LogP contribution in [0.2, 0.25) is 0 Å². The van der Waals surface area contributed by atoms with Gasteiger partial charge in [-0.25, -0.2) is 9.59 Å². The molecular weight excluding hydrogens is 226 g/mol. The predicted molar refractivity (Wildman–Crippen MR) is 60.1 cm³/mol. The zero-order valence-electron chi connectivity index (χ0n) is 9.56. The molecule has 7 heteroatoms. The molecule has 1 amide bonds. The van der Waals surface area contributed by atoms with Crippen LogP contribution in [0, 0.1) is 6.92 Å². The first-order chi connectivity index (χ1) is 7.97. The SMILES string of the molecule is C=CCOC(=O)Nc1c(C)nn(C)c1C(=O)O. The summed E-state index contributed by atoms with van der Waals surface area (Å²) in [7, 11) is 1.48. The number of anilines is 1. The van der Waals surface area contributed by atoms with Gasteiger partial charge in [0, 0.05) is 7.05 Å². The van der Waals surface area contributed by atoms with Gasteiger partial charge in [-0.05, 0) is 6.92 Å². The first-order valence-corrected chi connectivity index (χ1v) is 4.79. The molecule has 0 saturated carbocycles. The minimum Gasteiger partial charge on any atom is -0.476 e. The molecule has 0 aliphatic heterocycles. The summed E-state index contributed by atoms with van der Waals surface area (Å²) in [6, 6.07) is 0. The van der Waals surface area contributed by atoms with Crippen LogP contribution < -0.4 is 5.32 Å². The van der Waals surface area contributed by atoms with Crippen LogP contribution >= 0.6 is 0 Å². The van der Waals surface area contributed by atoms with Crippen molar-refractivity contribution in [2.45, 2.75) is 6.92 Å². The quantitative estimate of drug-likeness (QED) is 0.769. The molecule has 92 valence electrons. The highest BCUT2D eigenvalue weighted by Gasteiger charge is 2.21. The second kappa shape index (κ2) is 5.15. The lowest BCUT2D eigenvalue weighted by Gasteiger charge is -2.05. The van der Waals surface area contributed by atoms with E-state index >= 15 is 0 Å². The summed E-state index contributed by atoms with van der Waals surface area (Å²) in [5, 5.41) is 15.2. The molecule has 1 aromatic rings. The fourth-order valence-electron chi connectivity index (χ4n) is 1.33. The molecule has 17 heavy (non-hydrogen) atoms. The normalized spacial score (nSPS) is 9.76. The standard InChI is InChI=1S/C10H13N3O4/c1-4-5-17-10(16)11-7-6(2)12-13(3)8(7)9(14)15/h4H,1,5H2,2-3H3,(H,11,16)(H,14,15). The van der Waals surface area contributed by atoms with E-state index in [9.17, 15) is 9.59 Å². The third-order valence-corrected chi connectivity index (χ3v) is 1.98. The lowest BCUT2D eigenvalue weighted by molar-refractivity contribution is 0.0686. The van der Waals surface area contributed by atoms with Crippen LogP contribution in [0.1, 0.15) is 16.2 Å². The Hall–Kier alpha value is -2.31. The van der Waals surface area contributed by atoms with Gasteiger partial charge in [0.2, 0.25) is 0 Å². The van der Waals surface area contributed by atoms with Crippen LogP contribution in [0.3, 0.4) is 0 Å². The Morgan fingerprint density at radius 1 is 1.65 bits per heavy atom. The van der Waals surface area contributed by atoms with Crippen LogP contribution in [0.5, 0.6) is 0 Å². The number of nitrogens with one attached hydrogen (secondary N) is 1. The number of rotatable bonds is 4. The average molecular weight is 239 g/mol. The van der Waals surface area contributed by atoms with E-state index in [0.29, 0.717) is 5.69 Å². The van der Waals surface area contributed by atoms with E-state index < -0.39 is 12.1 Å². The number of carbonyl (C=O) groups is 2. The third kappa shape index (κ3) is 2.83. The minimum atomic E-state index is -1.17. The summed E-state index contributed by atoms with van der Waals surface area (Å²) in [5.41, 5.74) is 0.438. The minimum absolute atomic E-state index is 0.0492. The van der Waals surface area contributed by atoms with Gasteiger partial charge in [0.05, 0.1) is 11.4 Å². The van der Waals surface area contributed by atoms with Crippen LogP contribution in [0.25, 0.3) is 0 Å². The Kier molecular flexibility index (Phi) is 3.86. The molecule has 0 aliphatic rings. The smallest absolute Gasteiger partial charge is 0.412 e. The zero-order valence-corrected chi connectivity index (χ0v) is 9.56. The first kappa shape index (κ1) is 12.8. The lowest BCUT2D eigenvalue weighted by atomic mass is 10.3. The molecule has 0 spiro atoms. The van der Waals surface area contributed by atoms with Crippen LogP contribution in [0.4, 0.5) is 10.5 Å². The maximum Gasteiger partial charge on any atom is 0.412 e. The molecule has 1 rings (SSSR count). The van der Waals surface area contributed by atoms with E-state index in [4.69, 9.17) is 9.84 Å². The van der Waals surface area contributed by atoms with Gasteiger partial charge in [-0.2, -0.15) is 5.10 Å². The van der Waals surface area contributed by atoms with E-state index in [1.807, 2.05) is 0 Å². The van der Waals surface area contributed by atoms with Crippen LogP contribution in [-0.4, -0.2) is 33.6 Å². The number of hydrogen-bond acceptors (Lipinski definition) is 4. The molecule has 0 unspecified atom stereocenters. The van der Waals surface area contributed by atoms with Crippen molar-refractivity contribution in [3.8, 4) is 0 Å². The van der Waals surface area contributed by atoms with Gasteiger partial charge in [0.25, 0.3) is 0 Å². The summed E-state index contributed by atoms with van der Waals surface area (Å²) in [5.74, 6) is -1.17. The number of hydrogen-bond donors (Lipinski definition) is 2. The van der Waals surface area contributed by atoms with Crippen molar-refractivity contribution in [1.29, 1.82) is 0 Å². The highest BCUT2D eigenvalue weighted by molar-refractivity contribution is 5.98. The topological polar surface area (TPSA) is 93.5 Å². The molecule has 7 nitrogen and oxygen atoms in total. The van der Waals surface area contributed by atoms with Gasteiger partial charge < -0.3 is 9.84 Å². The van der Waals surface area contributed by atoms with Gasteiger partial charge in [0.15, 0.2) is 5.69 Å². The van der Waals surface area contributed by atoms with Gasteiger partial charge in [-0.15, -0.1) is 0 Å². The molecule has 0 saturated heterocycles. The number of amides is 1. The summed E-state index contributed by atoms with van der Waals surface area (Å²) >= 11 is 0. The molecule has 1 aromatic heterocycles. The van der Waals surface area contributed by atoms with E-state index in [-0.39, 0.29) is 18.0 Å². The van der Waals surface area contributed by atoms with Crippen molar-refractivity contribution in [1.82, 2.24) is 9.78 Å². The number of nitrogens with zero attached hydrogens (tertiary/aromatic N) is 2. The molecule has 2 N–H and O–H groups in total. The summed E-state index contributed by atoms with van der Waals surface area (Å²) in [6.07, 6.45) is 0.664. The van der Waals surface area contributed by atoms with Crippen molar-refractivity contribution < 1.29 is 19.4 Å². The Morgan fingerprint density at radius 2 is 2.29 bits per heavy atom. The van der Waals surface area contributed by atoms with E-state index in [0.717, 1.165) is 0 Å². The van der Waals surface area contributed by atoms with Gasteiger partial charge in [0.1, 0.15) is 6.61 Å². The molecule has 1 heterocycles. The Balaban J connectivity index is 2.93. The number of carboxylic acids is 1. The van der Waals surface area contributed by atoms with Crippen molar-refractivity contribution >= 4 is 17.7 Å². The maximum atomic E-state index is 11.3. The van der Waals surface area contributed by atoms with Crippen LogP contribution in [0.15, 0.2) is 12.7 Å². The summed E-state index contributed by atoms with van der Waals surface area (Å²) in [4.78, 5) is 22.3. The fraction of sp³-hybridized carbons (Fsp3) is 0.300. The molecule has 0 fully saturated rings. The largest absolute Gasteiger partial charge is 0.476 e. The molecule has 0 radical (unpaired) electrons. The fourth-order valence-corrected chi connectivity index (χ4v) is 1.33. The Bertz CT molecular complexity index is 464. The van der Waals surface area contributed by atoms with E-state index in [1.165, 1.54) is 17.8 Å². The maximum absolute atomic E-state index is 11.3. The zero-order chi connectivity index (χ0) is 13.0. The Labute approximate surface area is 97.7 Å². The highest BCUT2D eigenvalue weighted by atomic mass is 16.5. The molecule has 0 atom stereocenters. The van der Waals surface area contributed by atoms with Crippen LogP contribution in [-0.2, 0) is 11.8 Å². The van der Waals surface area contributed by atoms with E-state index in [1.54, 1.807) is 6.92 Å². The molecule has 0 aliphatic carbocycles. The number of aromatic nitrogens is 2. The molecule has 0 bridgehead atoms. The van der Waals surface area contributed by atoms with Crippen molar-refractivity contribution in [2.75, 3.05) is 11.9 Å². The number of ether oxygens (including phenoxy) is 1. The second-order valence-corrected chi connectivity index (χ2v) is 3.25. The third-order valence-electron chi connectivity index (χ3n) is 1.98. The highest BCUT2D eigenvalue weighted by Crippen LogP contribution is 2.19. The van der Waals surface area contributed by atoms with E-state index in [2.05, 4.69) is 17.0 Å². The second-order valence-electron chi connectivity index (χ2n) is 3.25. The van der Waals surface area contributed by atoms with Crippen molar-refractivity contribution in [3.63, 3.8) is 0 Å². The number of aryl methyl sites for hydroxylation is 2. The monoisotopic (exact) mass is 239 g/mol. The summed E-state index contributed by atoms with van der Waals surface area (Å²) < 4.78 is 5.88. The Morgan fingerprint density at radius 3 is 2.82 bits per heavy atom. The van der Waals surface area contributed by atoms with Crippen molar-refractivity contribution in [2.24, 2.45) is 7.05 Å². The lowest BCUT2D eigenvalue weighted by Crippen LogP contribution is -2.17. The van der Waals surface area contributed by atoms with Crippen molar-refractivity contribution in [3.05, 3.63) is 24.0 Å². The molecule has 0 aromatic carbocycles. The number of carboxylic acid groups (broad SMARTS) is 1. The number of aromatic carboxylic acids is 1. The van der Waals surface area contributed by atoms with Gasteiger partial charge in [-0.1, -0.05) is 12.7 Å².